The highest BCUT2D eigenvalue weighted by atomic mass is 16.2. The van der Waals surface area contributed by atoms with Crippen molar-refractivity contribution >= 4 is 22.7 Å². The summed E-state index contributed by atoms with van der Waals surface area (Å²) in [7, 11) is 1.74. The maximum atomic E-state index is 14.3. The summed E-state index contributed by atoms with van der Waals surface area (Å²) in [5, 5.41) is 4.29. The molecule has 190 valence electrons. The molecule has 1 unspecified atom stereocenters. The van der Waals surface area contributed by atoms with Crippen molar-refractivity contribution in [3.8, 4) is 11.4 Å². The van der Waals surface area contributed by atoms with Crippen LogP contribution in [0.2, 0.25) is 0 Å². The summed E-state index contributed by atoms with van der Waals surface area (Å²) >= 11 is 0. The normalized spacial score (nSPS) is 21.4. The third-order valence-corrected chi connectivity index (χ3v) is 8.55. The topological polar surface area (TPSA) is 104 Å². The average molecular weight is 488 g/mol. The first-order valence-corrected chi connectivity index (χ1v) is 13.3. The summed E-state index contributed by atoms with van der Waals surface area (Å²) in [5.41, 5.74) is 8.80. The number of fused-ring (bicyclic) bond motifs is 1. The summed E-state index contributed by atoms with van der Waals surface area (Å²) in [6.07, 6.45) is 8.94. The molecule has 3 atom stereocenters. The van der Waals surface area contributed by atoms with E-state index < -0.39 is 17.4 Å². The number of rotatable bonds is 7. The SMILES string of the molecule is CNC(C)(C(N)=O)[C@@H](C(=O)N1CCC[C@H]1c1ccnc(-c2cc3ccccc3[nH]2)c1)C1CCCCC1. The second-order valence-electron chi connectivity index (χ2n) is 10.6. The highest BCUT2D eigenvalue weighted by molar-refractivity contribution is 5.93. The summed E-state index contributed by atoms with van der Waals surface area (Å²) in [6, 6.07) is 14.4. The van der Waals surface area contributed by atoms with Gasteiger partial charge in [-0.25, -0.2) is 0 Å². The van der Waals surface area contributed by atoms with Crippen molar-refractivity contribution in [3.05, 3.63) is 54.2 Å². The van der Waals surface area contributed by atoms with Crippen LogP contribution in [0.15, 0.2) is 48.7 Å². The molecule has 1 saturated heterocycles. The second kappa shape index (κ2) is 10.1. The summed E-state index contributed by atoms with van der Waals surface area (Å²) in [4.78, 5) is 37.0. The van der Waals surface area contributed by atoms with E-state index in [-0.39, 0.29) is 17.9 Å². The Kier molecular flexibility index (Phi) is 6.84. The fourth-order valence-corrected chi connectivity index (χ4v) is 6.39. The summed E-state index contributed by atoms with van der Waals surface area (Å²) in [6.45, 7) is 2.49. The number of para-hydroxylation sites is 1. The summed E-state index contributed by atoms with van der Waals surface area (Å²) in [5.74, 6) is -0.744. The van der Waals surface area contributed by atoms with E-state index in [9.17, 15) is 9.59 Å². The van der Waals surface area contributed by atoms with Crippen LogP contribution in [0.3, 0.4) is 0 Å². The molecule has 4 N–H and O–H groups in total. The van der Waals surface area contributed by atoms with Crippen molar-refractivity contribution in [1.29, 1.82) is 0 Å². The van der Waals surface area contributed by atoms with Crippen molar-refractivity contribution in [3.63, 3.8) is 0 Å². The smallest absolute Gasteiger partial charge is 0.238 e. The van der Waals surface area contributed by atoms with Gasteiger partial charge in [-0.05, 0) is 75.4 Å². The van der Waals surface area contributed by atoms with Crippen LogP contribution in [0.5, 0.6) is 0 Å². The van der Waals surface area contributed by atoms with Gasteiger partial charge in [0.05, 0.1) is 23.3 Å². The van der Waals surface area contributed by atoms with Gasteiger partial charge in [-0.2, -0.15) is 0 Å². The number of aromatic nitrogens is 2. The van der Waals surface area contributed by atoms with E-state index in [1.807, 2.05) is 29.3 Å². The Hall–Kier alpha value is -3.19. The molecule has 2 fully saturated rings. The number of primary amides is 1. The molecule has 0 radical (unpaired) electrons. The number of nitrogens with two attached hydrogens (primary N) is 1. The first-order chi connectivity index (χ1) is 17.4. The van der Waals surface area contributed by atoms with Gasteiger partial charge >= 0.3 is 0 Å². The maximum Gasteiger partial charge on any atom is 0.238 e. The molecule has 2 aliphatic rings. The number of aromatic amines is 1. The van der Waals surface area contributed by atoms with E-state index in [1.165, 1.54) is 6.42 Å². The molecule has 7 heteroatoms. The van der Waals surface area contributed by atoms with Crippen LogP contribution in [0, 0.1) is 11.8 Å². The Balaban J connectivity index is 1.46. The van der Waals surface area contributed by atoms with E-state index in [2.05, 4.69) is 39.6 Å². The number of hydrogen-bond donors (Lipinski definition) is 3. The van der Waals surface area contributed by atoms with Gasteiger partial charge in [0.1, 0.15) is 5.54 Å². The number of amides is 2. The predicted molar refractivity (Wildman–Crippen MR) is 142 cm³/mol. The van der Waals surface area contributed by atoms with Gasteiger partial charge in [-0.3, -0.25) is 14.6 Å². The monoisotopic (exact) mass is 487 g/mol. The zero-order valence-electron chi connectivity index (χ0n) is 21.3. The number of H-pyrrole nitrogens is 1. The van der Waals surface area contributed by atoms with Crippen molar-refractivity contribution in [1.82, 2.24) is 20.2 Å². The lowest BCUT2D eigenvalue weighted by atomic mass is 9.69. The van der Waals surface area contributed by atoms with Crippen molar-refractivity contribution in [2.24, 2.45) is 17.6 Å². The molecule has 2 aromatic heterocycles. The molecule has 7 nitrogen and oxygen atoms in total. The zero-order chi connectivity index (χ0) is 25.3. The lowest BCUT2D eigenvalue weighted by molar-refractivity contribution is -0.147. The predicted octanol–water partition coefficient (Wildman–Crippen LogP) is 4.55. The van der Waals surface area contributed by atoms with Gasteiger partial charge in [0.2, 0.25) is 11.8 Å². The van der Waals surface area contributed by atoms with E-state index in [0.717, 1.165) is 66.4 Å². The molecular weight excluding hydrogens is 450 g/mol. The molecule has 3 aromatic rings. The molecule has 0 spiro atoms. The molecular formula is C29H37N5O2. The van der Waals surface area contributed by atoms with Crippen molar-refractivity contribution < 1.29 is 9.59 Å². The fraction of sp³-hybridized carbons (Fsp3) is 0.483. The lowest BCUT2D eigenvalue weighted by Crippen LogP contribution is -2.63. The average Bonchev–Trinajstić information content (AvgIpc) is 3.57. The van der Waals surface area contributed by atoms with Gasteiger partial charge in [-0.1, -0.05) is 37.5 Å². The van der Waals surface area contributed by atoms with E-state index >= 15 is 0 Å². The molecule has 2 amide bonds. The first kappa shape index (κ1) is 24.5. The minimum atomic E-state index is -1.08. The van der Waals surface area contributed by atoms with Gasteiger partial charge < -0.3 is 20.9 Å². The number of pyridine rings is 1. The van der Waals surface area contributed by atoms with Gasteiger partial charge in [-0.15, -0.1) is 0 Å². The number of likely N-dealkylation sites (N-methyl/N-ethyl adjacent to an activating group) is 1. The van der Waals surface area contributed by atoms with Crippen LogP contribution >= 0.6 is 0 Å². The molecule has 3 heterocycles. The minimum Gasteiger partial charge on any atom is -0.368 e. The summed E-state index contributed by atoms with van der Waals surface area (Å²) < 4.78 is 0. The molecule has 0 bridgehead atoms. The number of likely N-dealkylation sites (tertiary alicyclic amines) is 1. The van der Waals surface area contributed by atoms with Crippen LogP contribution < -0.4 is 11.1 Å². The fourth-order valence-electron chi connectivity index (χ4n) is 6.39. The van der Waals surface area contributed by atoms with Crippen LogP contribution in [0.1, 0.15) is 63.5 Å². The van der Waals surface area contributed by atoms with E-state index in [0.29, 0.717) is 6.54 Å². The Morgan fingerprint density at radius 1 is 1.11 bits per heavy atom. The number of nitrogens with one attached hydrogen (secondary N) is 2. The number of nitrogens with zero attached hydrogens (tertiary/aromatic N) is 2. The van der Waals surface area contributed by atoms with E-state index in [1.54, 1.807) is 14.0 Å². The highest BCUT2D eigenvalue weighted by Crippen LogP contribution is 2.41. The Labute approximate surface area is 212 Å². The molecule has 36 heavy (non-hydrogen) atoms. The quantitative estimate of drug-likeness (QED) is 0.455. The van der Waals surface area contributed by atoms with Crippen LogP contribution in [-0.2, 0) is 9.59 Å². The van der Waals surface area contributed by atoms with Crippen LogP contribution in [-0.4, -0.2) is 45.8 Å². The zero-order valence-corrected chi connectivity index (χ0v) is 21.3. The Morgan fingerprint density at radius 3 is 2.61 bits per heavy atom. The molecule has 5 rings (SSSR count). The second-order valence-corrected chi connectivity index (χ2v) is 10.6. The number of carbonyl (C=O) groups excluding carboxylic acids is 2. The number of hydrogen-bond acceptors (Lipinski definition) is 4. The third kappa shape index (κ3) is 4.41. The van der Waals surface area contributed by atoms with E-state index in [4.69, 9.17) is 5.73 Å². The Morgan fingerprint density at radius 2 is 1.89 bits per heavy atom. The van der Waals surface area contributed by atoms with Gasteiger partial charge in [0, 0.05) is 23.6 Å². The van der Waals surface area contributed by atoms with Crippen LogP contribution in [0.4, 0.5) is 0 Å². The first-order valence-electron chi connectivity index (χ1n) is 13.3. The molecule has 1 saturated carbocycles. The number of benzene rings is 1. The largest absolute Gasteiger partial charge is 0.368 e. The van der Waals surface area contributed by atoms with Gasteiger partial charge in [0.25, 0.3) is 0 Å². The third-order valence-electron chi connectivity index (χ3n) is 8.55. The molecule has 1 aliphatic carbocycles. The van der Waals surface area contributed by atoms with Crippen molar-refractivity contribution in [2.75, 3.05) is 13.6 Å². The van der Waals surface area contributed by atoms with Crippen LogP contribution in [0.25, 0.3) is 22.3 Å². The highest BCUT2D eigenvalue weighted by Gasteiger charge is 2.50. The lowest BCUT2D eigenvalue weighted by Gasteiger charge is -2.43. The number of carbonyl (C=O) groups is 2. The van der Waals surface area contributed by atoms with Crippen molar-refractivity contribution in [2.45, 2.75) is 63.5 Å². The van der Waals surface area contributed by atoms with Gasteiger partial charge in [0.15, 0.2) is 0 Å². The maximum absolute atomic E-state index is 14.3. The minimum absolute atomic E-state index is 0.0382. The molecule has 1 aliphatic heterocycles. The Bertz CT molecular complexity index is 1210. The standard InChI is InChI=1S/C29H37N5O2/c1-29(31-2,28(30)36)26(19-9-4-3-5-10-19)27(35)34-16-8-13-25(34)21-14-15-32-23(18-21)24-17-20-11-6-7-12-22(20)33-24/h6-7,11-12,14-15,17-19,25-26,31,33H,3-5,8-10,13,16H2,1-2H3,(H2,30,36)/t25-,26+,29?/m0/s1. The molecule has 1 aromatic carbocycles.